The lowest BCUT2D eigenvalue weighted by atomic mass is 9.84. The van der Waals surface area contributed by atoms with Crippen LogP contribution in [0.15, 0.2) is 6.07 Å². The number of benzene rings is 1. The minimum absolute atomic E-state index is 0.0987. The van der Waals surface area contributed by atoms with Crippen LogP contribution in [-0.2, 0) is 16.6 Å². The Balaban J connectivity index is 1.75. The van der Waals surface area contributed by atoms with Crippen molar-refractivity contribution in [1.82, 2.24) is 5.32 Å². The standard InChI is InChI=1S/C19H26N2O3S/c1-10-7-11-8-12(9-20-17(22)24-18(2,3)4)23-15(11)13-14(10)21-16(25)19(13,5)6/h7,12H,8-9H2,1-6H3,(H,20,22)(H,21,25). The van der Waals surface area contributed by atoms with Gasteiger partial charge < -0.3 is 20.1 Å². The molecule has 0 spiro atoms. The molecular formula is C19H26N2O3S. The first-order valence-electron chi connectivity index (χ1n) is 8.61. The molecule has 6 heteroatoms. The van der Waals surface area contributed by atoms with Gasteiger partial charge in [0.05, 0.1) is 11.5 Å². The van der Waals surface area contributed by atoms with Crippen molar-refractivity contribution in [3.8, 4) is 5.75 Å². The molecule has 0 bridgehead atoms. The molecule has 5 nitrogen and oxygen atoms in total. The second-order valence-corrected chi connectivity index (χ2v) is 8.75. The van der Waals surface area contributed by atoms with Gasteiger partial charge in [0.2, 0.25) is 0 Å². The summed E-state index contributed by atoms with van der Waals surface area (Å²) in [6, 6.07) is 2.15. The van der Waals surface area contributed by atoms with Crippen molar-refractivity contribution in [2.75, 3.05) is 11.9 Å². The molecule has 0 fully saturated rings. The van der Waals surface area contributed by atoms with Gasteiger partial charge >= 0.3 is 6.09 Å². The van der Waals surface area contributed by atoms with E-state index >= 15 is 0 Å². The molecule has 0 aromatic heterocycles. The highest BCUT2D eigenvalue weighted by atomic mass is 32.1. The van der Waals surface area contributed by atoms with E-state index in [0.717, 1.165) is 28.4 Å². The minimum Gasteiger partial charge on any atom is -0.488 e. The Labute approximate surface area is 154 Å². The summed E-state index contributed by atoms with van der Waals surface area (Å²) in [6.45, 7) is 12.3. The third-order valence-electron chi connectivity index (χ3n) is 4.59. The summed E-state index contributed by atoms with van der Waals surface area (Å²) < 4.78 is 11.5. The number of ether oxygens (including phenoxy) is 2. The highest BCUT2D eigenvalue weighted by molar-refractivity contribution is 7.80. The molecule has 1 aromatic rings. The maximum Gasteiger partial charge on any atom is 0.407 e. The Bertz CT molecular complexity index is 750. The molecule has 0 saturated carbocycles. The van der Waals surface area contributed by atoms with Gasteiger partial charge in [-0.15, -0.1) is 0 Å². The first-order valence-corrected chi connectivity index (χ1v) is 9.02. The second-order valence-electron chi connectivity index (χ2n) is 8.34. The number of amides is 1. The van der Waals surface area contributed by atoms with E-state index in [1.54, 1.807) is 0 Å². The number of hydrogen-bond donors (Lipinski definition) is 2. The van der Waals surface area contributed by atoms with Gasteiger partial charge in [0, 0.05) is 23.1 Å². The zero-order chi connectivity index (χ0) is 18.6. The molecular weight excluding hydrogens is 336 g/mol. The molecule has 1 aromatic carbocycles. The zero-order valence-electron chi connectivity index (χ0n) is 15.7. The van der Waals surface area contributed by atoms with Crippen LogP contribution in [0.25, 0.3) is 0 Å². The van der Waals surface area contributed by atoms with Crippen molar-refractivity contribution in [3.05, 3.63) is 22.8 Å². The topological polar surface area (TPSA) is 59.6 Å². The van der Waals surface area contributed by atoms with E-state index in [1.807, 2.05) is 20.8 Å². The number of carbonyl (C=O) groups is 1. The van der Waals surface area contributed by atoms with Gasteiger partial charge in [0.25, 0.3) is 0 Å². The van der Waals surface area contributed by atoms with E-state index in [2.05, 4.69) is 37.5 Å². The zero-order valence-corrected chi connectivity index (χ0v) is 16.5. The molecule has 2 N–H and O–H groups in total. The Kier molecular flexibility index (Phi) is 4.22. The lowest BCUT2D eigenvalue weighted by Crippen LogP contribution is -2.38. The summed E-state index contributed by atoms with van der Waals surface area (Å²) in [4.78, 5) is 12.7. The quantitative estimate of drug-likeness (QED) is 0.783. The van der Waals surface area contributed by atoms with E-state index in [0.29, 0.717) is 6.54 Å². The number of anilines is 1. The Morgan fingerprint density at radius 1 is 1.48 bits per heavy atom. The fourth-order valence-corrected chi connectivity index (χ4v) is 3.58. The molecule has 25 heavy (non-hydrogen) atoms. The number of rotatable bonds is 2. The third kappa shape index (κ3) is 3.32. The van der Waals surface area contributed by atoms with E-state index in [9.17, 15) is 4.79 Å². The fraction of sp³-hybridized carbons (Fsp3) is 0.579. The maximum atomic E-state index is 11.9. The Morgan fingerprint density at radius 2 is 2.16 bits per heavy atom. The summed E-state index contributed by atoms with van der Waals surface area (Å²) in [7, 11) is 0. The monoisotopic (exact) mass is 362 g/mol. The molecule has 0 aliphatic carbocycles. The number of thiocarbonyl (C=S) groups is 1. The minimum atomic E-state index is -0.507. The second kappa shape index (κ2) is 5.87. The van der Waals surface area contributed by atoms with Crippen LogP contribution in [0.3, 0.4) is 0 Å². The van der Waals surface area contributed by atoms with Crippen LogP contribution >= 0.6 is 12.2 Å². The number of aryl methyl sites for hydroxylation is 1. The number of alkyl carbamates (subject to hydrolysis) is 1. The predicted molar refractivity (Wildman–Crippen MR) is 103 cm³/mol. The van der Waals surface area contributed by atoms with Crippen LogP contribution in [0.2, 0.25) is 0 Å². The lowest BCUT2D eigenvalue weighted by molar-refractivity contribution is 0.0506. The van der Waals surface area contributed by atoms with E-state index in [-0.39, 0.29) is 11.5 Å². The van der Waals surface area contributed by atoms with Crippen LogP contribution < -0.4 is 15.4 Å². The van der Waals surface area contributed by atoms with Crippen molar-refractivity contribution in [2.45, 2.75) is 65.1 Å². The van der Waals surface area contributed by atoms with Crippen LogP contribution in [-0.4, -0.2) is 29.3 Å². The molecule has 2 aliphatic rings. The highest BCUT2D eigenvalue weighted by Crippen LogP contribution is 2.49. The predicted octanol–water partition coefficient (Wildman–Crippen LogP) is 3.85. The van der Waals surface area contributed by atoms with Crippen LogP contribution in [0.4, 0.5) is 10.5 Å². The van der Waals surface area contributed by atoms with Gasteiger partial charge in [-0.3, -0.25) is 0 Å². The summed E-state index contributed by atoms with van der Waals surface area (Å²) >= 11 is 5.52. The average molecular weight is 362 g/mol. The van der Waals surface area contributed by atoms with Gasteiger partial charge in [0.1, 0.15) is 17.5 Å². The molecule has 2 aliphatic heterocycles. The first-order chi connectivity index (χ1) is 11.5. The SMILES string of the molecule is Cc1cc2c(c3c1NC(=S)C3(C)C)OC(CNC(=O)OC(C)(C)C)C2. The number of carbonyl (C=O) groups excluding carboxylic acids is 1. The summed E-state index contributed by atoms with van der Waals surface area (Å²) in [6.07, 6.45) is 0.247. The molecule has 1 unspecified atom stereocenters. The molecule has 3 rings (SSSR count). The third-order valence-corrected chi connectivity index (χ3v) is 5.20. The van der Waals surface area contributed by atoms with Gasteiger partial charge in [-0.25, -0.2) is 4.79 Å². The van der Waals surface area contributed by atoms with Crippen LogP contribution in [0.1, 0.15) is 51.3 Å². The van der Waals surface area contributed by atoms with Crippen molar-refractivity contribution in [2.24, 2.45) is 0 Å². The molecule has 0 saturated heterocycles. The molecule has 136 valence electrons. The van der Waals surface area contributed by atoms with Crippen LogP contribution in [0, 0.1) is 6.92 Å². The highest BCUT2D eigenvalue weighted by Gasteiger charge is 2.42. The molecule has 2 heterocycles. The average Bonchev–Trinajstić information content (AvgIpc) is 2.95. The van der Waals surface area contributed by atoms with Crippen molar-refractivity contribution in [1.29, 1.82) is 0 Å². The Morgan fingerprint density at radius 3 is 2.80 bits per heavy atom. The number of fused-ring (bicyclic) bond motifs is 3. The molecule has 1 atom stereocenters. The number of hydrogen-bond acceptors (Lipinski definition) is 4. The Hall–Kier alpha value is -1.82. The maximum absolute atomic E-state index is 11.9. The normalized spacial score (nSPS) is 20.4. The van der Waals surface area contributed by atoms with Crippen molar-refractivity contribution < 1.29 is 14.3 Å². The summed E-state index contributed by atoms with van der Waals surface area (Å²) in [5, 5.41) is 6.14. The van der Waals surface area contributed by atoms with E-state index < -0.39 is 11.7 Å². The van der Waals surface area contributed by atoms with Crippen LogP contribution in [0.5, 0.6) is 5.75 Å². The van der Waals surface area contributed by atoms with Gasteiger partial charge in [-0.1, -0.05) is 18.3 Å². The van der Waals surface area contributed by atoms with Crippen molar-refractivity contribution in [3.63, 3.8) is 0 Å². The largest absolute Gasteiger partial charge is 0.488 e. The number of nitrogens with one attached hydrogen (secondary N) is 2. The molecule has 0 radical (unpaired) electrons. The van der Waals surface area contributed by atoms with Gasteiger partial charge in [-0.05, 0) is 52.7 Å². The van der Waals surface area contributed by atoms with Gasteiger partial charge in [-0.2, -0.15) is 0 Å². The molecule has 1 amide bonds. The first kappa shape index (κ1) is 18.0. The summed E-state index contributed by atoms with van der Waals surface area (Å²) in [5.41, 5.74) is 3.78. The summed E-state index contributed by atoms with van der Waals surface area (Å²) in [5.74, 6) is 0.911. The van der Waals surface area contributed by atoms with Crippen molar-refractivity contribution >= 4 is 29.0 Å². The fourth-order valence-electron chi connectivity index (χ4n) is 3.38. The van der Waals surface area contributed by atoms with Gasteiger partial charge in [0.15, 0.2) is 0 Å². The smallest absolute Gasteiger partial charge is 0.407 e. The lowest BCUT2D eigenvalue weighted by Gasteiger charge is -2.22. The van der Waals surface area contributed by atoms with E-state index in [1.165, 1.54) is 11.1 Å². The van der Waals surface area contributed by atoms with E-state index in [4.69, 9.17) is 21.7 Å².